The van der Waals surface area contributed by atoms with Crippen LogP contribution in [0.5, 0.6) is 0 Å². The van der Waals surface area contributed by atoms with E-state index >= 15 is 0 Å². The van der Waals surface area contributed by atoms with E-state index in [-0.39, 0.29) is 30.5 Å². The lowest BCUT2D eigenvalue weighted by Gasteiger charge is -2.22. The van der Waals surface area contributed by atoms with E-state index in [0.717, 1.165) is 12.8 Å². The molecule has 0 radical (unpaired) electrons. The summed E-state index contributed by atoms with van der Waals surface area (Å²) >= 11 is 0. The highest BCUT2D eigenvalue weighted by Crippen LogP contribution is 2.44. The van der Waals surface area contributed by atoms with Gasteiger partial charge in [-0.15, -0.1) is 0 Å². The molecule has 1 fully saturated rings. The highest BCUT2D eigenvalue weighted by molar-refractivity contribution is 5.80. The minimum atomic E-state index is -1.25. The molecule has 2 bridgehead atoms. The molecule has 0 heterocycles. The predicted molar refractivity (Wildman–Crippen MR) is 71.6 cm³/mol. The Morgan fingerprint density at radius 3 is 2.45 bits per heavy atom. The van der Waals surface area contributed by atoms with Crippen LogP contribution in [-0.2, 0) is 23.8 Å². The van der Waals surface area contributed by atoms with Gasteiger partial charge in [0.05, 0.1) is 12.0 Å². The van der Waals surface area contributed by atoms with Crippen LogP contribution in [0.3, 0.4) is 0 Å². The third-order valence-corrected chi connectivity index (χ3v) is 3.67. The van der Waals surface area contributed by atoms with Gasteiger partial charge in [0.2, 0.25) is 0 Å². The minimum Gasteiger partial charge on any atom is -0.458 e. The molecule has 20 heavy (non-hydrogen) atoms. The second kappa shape index (κ2) is 6.39. The molecule has 112 valence electrons. The van der Waals surface area contributed by atoms with Crippen molar-refractivity contribution in [1.82, 2.24) is 0 Å². The second-order valence-corrected chi connectivity index (χ2v) is 5.60. The fourth-order valence-corrected chi connectivity index (χ4v) is 2.83. The van der Waals surface area contributed by atoms with E-state index in [4.69, 9.17) is 14.2 Å². The molecule has 5 nitrogen and oxygen atoms in total. The van der Waals surface area contributed by atoms with Crippen molar-refractivity contribution in [3.63, 3.8) is 0 Å². The molecule has 4 atom stereocenters. The van der Waals surface area contributed by atoms with E-state index < -0.39 is 12.3 Å². The van der Waals surface area contributed by atoms with Gasteiger partial charge in [-0.1, -0.05) is 12.2 Å². The van der Waals surface area contributed by atoms with Gasteiger partial charge in [-0.05, 0) is 45.4 Å². The maximum atomic E-state index is 12.2. The largest absolute Gasteiger partial charge is 0.458 e. The summed E-state index contributed by atoms with van der Waals surface area (Å²) < 4.78 is 15.4. The Bertz CT molecular complexity index is 401. The quantitative estimate of drug-likeness (QED) is 0.424. The number of carbonyl (C=O) groups is 2. The fourth-order valence-electron chi connectivity index (χ4n) is 2.83. The lowest BCUT2D eigenvalue weighted by Crippen LogP contribution is -2.36. The zero-order valence-corrected chi connectivity index (χ0v) is 12.2. The number of ether oxygens (including phenoxy) is 3. The smallest absolute Gasteiger partial charge is 0.376 e. The van der Waals surface area contributed by atoms with Crippen LogP contribution < -0.4 is 0 Å². The van der Waals surface area contributed by atoms with Gasteiger partial charge in [0.25, 0.3) is 0 Å². The zero-order chi connectivity index (χ0) is 14.7. The normalized spacial score (nSPS) is 28.7. The standard InChI is InChI=1S/C15H22O5/c1-4-18-15(14(17)19-9(2)3)20-13(16)12-8-10-5-6-11(12)7-10/h5-6,9-12,15H,4,7-8H2,1-3H3. The van der Waals surface area contributed by atoms with Gasteiger partial charge in [0.15, 0.2) is 0 Å². The molecule has 0 N–H and O–H groups in total. The predicted octanol–water partition coefficient (Wildman–Crippen LogP) is 2.06. The topological polar surface area (TPSA) is 61.8 Å². The summed E-state index contributed by atoms with van der Waals surface area (Å²) in [6.07, 6.45) is 4.52. The lowest BCUT2D eigenvalue weighted by atomic mass is 9.94. The first kappa shape index (κ1) is 15.0. The van der Waals surface area contributed by atoms with Gasteiger partial charge < -0.3 is 14.2 Å². The number of esters is 2. The Hall–Kier alpha value is -1.36. The van der Waals surface area contributed by atoms with Crippen LogP contribution in [0.2, 0.25) is 0 Å². The number of rotatable bonds is 6. The molecule has 0 spiro atoms. The van der Waals surface area contributed by atoms with Gasteiger partial charge in [0.1, 0.15) is 0 Å². The van der Waals surface area contributed by atoms with Crippen LogP contribution in [0.4, 0.5) is 0 Å². The van der Waals surface area contributed by atoms with Crippen LogP contribution in [0.25, 0.3) is 0 Å². The molecule has 2 aliphatic carbocycles. The molecular weight excluding hydrogens is 260 g/mol. The van der Waals surface area contributed by atoms with Crippen LogP contribution in [0, 0.1) is 17.8 Å². The second-order valence-electron chi connectivity index (χ2n) is 5.60. The Balaban J connectivity index is 1.92. The van der Waals surface area contributed by atoms with Crippen LogP contribution in [-0.4, -0.2) is 30.9 Å². The molecule has 5 heteroatoms. The van der Waals surface area contributed by atoms with E-state index in [1.807, 2.05) is 0 Å². The van der Waals surface area contributed by atoms with E-state index in [0.29, 0.717) is 5.92 Å². The molecule has 0 aromatic heterocycles. The van der Waals surface area contributed by atoms with Crippen molar-refractivity contribution in [2.24, 2.45) is 17.8 Å². The first-order valence-corrected chi connectivity index (χ1v) is 7.22. The first-order valence-electron chi connectivity index (χ1n) is 7.22. The van der Waals surface area contributed by atoms with Crippen LogP contribution in [0.15, 0.2) is 12.2 Å². The zero-order valence-electron chi connectivity index (χ0n) is 12.2. The number of carbonyl (C=O) groups excluding carboxylic acids is 2. The Kier molecular flexibility index (Phi) is 4.81. The van der Waals surface area contributed by atoms with Crippen LogP contribution in [0.1, 0.15) is 33.6 Å². The van der Waals surface area contributed by atoms with Crippen LogP contribution >= 0.6 is 0 Å². The molecule has 1 saturated carbocycles. The lowest BCUT2D eigenvalue weighted by molar-refractivity contribution is -0.205. The van der Waals surface area contributed by atoms with E-state index in [9.17, 15) is 9.59 Å². The average molecular weight is 282 g/mol. The Morgan fingerprint density at radius 2 is 1.95 bits per heavy atom. The summed E-state index contributed by atoms with van der Waals surface area (Å²) in [4.78, 5) is 24.0. The van der Waals surface area contributed by atoms with Crippen molar-refractivity contribution in [3.8, 4) is 0 Å². The summed E-state index contributed by atoms with van der Waals surface area (Å²) in [5, 5.41) is 0. The summed E-state index contributed by atoms with van der Waals surface area (Å²) in [6, 6.07) is 0. The molecular formula is C15H22O5. The van der Waals surface area contributed by atoms with Gasteiger partial charge in [-0.3, -0.25) is 4.79 Å². The summed E-state index contributed by atoms with van der Waals surface area (Å²) in [5.74, 6) is -0.434. The molecule has 0 amide bonds. The van der Waals surface area contributed by atoms with Crippen molar-refractivity contribution < 1.29 is 23.8 Å². The third kappa shape index (κ3) is 3.39. The fraction of sp³-hybridized carbons (Fsp3) is 0.733. The highest BCUT2D eigenvalue weighted by Gasteiger charge is 2.42. The van der Waals surface area contributed by atoms with E-state index in [2.05, 4.69) is 12.2 Å². The summed E-state index contributed by atoms with van der Waals surface area (Å²) in [7, 11) is 0. The number of allylic oxidation sites excluding steroid dienone is 2. The Labute approximate surface area is 119 Å². The van der Waals surface area contributed by atoms with Crippen molar-refractivity contribution in [2.75, 3.05) is 6.61 Å². The van der Waals surface area contributed by atoms with Gasteiger partial charge in [-0.2, -0.15) is 0 Å². The maximum Gasteiger partial charge on any atom is 0.376 e. The molecule has 4 unspecified atom stereocenters. The number of hydrogen-bond acceptors (Lipinski definition) is 5. The van der Waals surface area contributed by atoms with Crippen molar-refractivity contribution in [1.29, 1.82) is 0 Å². The number of hydrogen-bond donors (Lipinski definition) is 0. The SMILES string of the molecule is CCOC(OC(=O)C1CC2C=CC1C2)C(=O)OC(C)C. The van der Waals surface area contributed by atoms with Crippen molar-refractivity contribution >= 4 is 11.9 Å². The van der Waals surface area contributed by atoms with Gasteiger partial charge >= 0.3 is 18.2 Å². The maximum absolute atomic E-state index is 12.2. The molecule has 2 rings (SSSR count). The van der Waals surface area contributed by atoms with Gasteiger partial charge in [-0.25, -0.2) is 4.79 Å². The number of fused-ring (bicyclic) bond motifs is 2. The van der Waals surface area contributed by atoms with Crippen molar-refractivity contribution in [3.05, 3.63) is 12.2 Å². The first-order chi connectivity index (χ1) is 9.51. The Morgan fingerprint density at radius 1 is 1.20 bits per heavy atom. The third-order valence-electron chi connectivity index (χ3n) is 3.67. The van der Waals surface area contributed by atoms with Gasteiger partial charge in [0, 0.05) is 6.61 Å². The van der Waals surface area contributed by atoms with E-state index in [1.165, 1.54) is 0 Å². The highest BCUT2D eigenvalue weighted by atomic mass is 16.7. The summed E-state index contributed by atoms with van der Waals surface area (Å²) in [5.41, 5.74) is 0. The monoisotopic (exact) mass is 282 g/mol. The molecule has 2 aliphatic rings. The van der Waals surface area contributed by atoms with E-state index in [1.54, 1.807) is 20.8 Å². The molecule has 0 aliphatic heterocycles. The molecule has 0 aromatic rings. The average Bonchev–Trinajstić information content (AvgIpc) is 2.99. The minimum absolute atomic E-state index is 0.153. The molecule has 0 saturated heterocycles. The summed E-state index contributed by atoms with van der Waals surface area (Å²) in [6.45, 7) is 5.50. The molecule has 0 aromatic carbocycles. The van der Waals surface area contributed by atoms with Crippen molar-refractivity contribution in [2.45, 2.75) is 46.0 Å².